The fraction of sp³-hybridized carbons (Fsp3) is 0.375. The van der Waals surface area contributed by atoms with Crippen molar-refractivity contribution in [1.29, 1.82) is 0 Å². The number of nitrogens with one attached hydrogen (secondary N) is 1. The molecule has 0 spiro atoms. The van der Waals surface area contributed by atoms with E-state index >= 15 is 0 Å². The number of hydrogen-bond acceptors (Lipinski definition) is 4. The van der Waals surface area contributed by atoms with Crippen molar-refractivity contribution in [2.75, 3.05) is 5.43 Å². The van der Waals surface area contributed by atoms with E-state index in [0.29, 0.717) is 22.3 Å². The van der Waals surface area contributed by atoms with E-state index in [1.165, 1.54) is 36.3 Å². The van der Waals surface area contributed by atoms with E-state index in [-0.39, 0.29) is 0 Å². The molecule has 0 amide bonds. The van der Waals surface area contributed by atoms with E-state index in [0.717, 1.165) is 24.6 Å². The maximum Gasteiger partial charge on any atom is 0.203 e. The molecule has 0 aliphatic heterocycles. The molecule has 1 saturated carbocycles. The number of thiazole rings is 1. The summed E-state index contributed by atoms with van der Waals surface area (Å²) in [5, 5.41) is 6.76. The molecule has 1 atom stereocenters. The summed E-state index contributed by atoms with van der Waals surface area (Å²) in [5.74, 6) is -0.522. The van der Waals surface area contributed by atoms with E-state index in [1.807, 2.05) is 0 Å². The summed E-state index contributed by atoms with van der Waals surface area (Å²) in [6, 6.07) is 3.50. The van der Waals surface area contributed by atoms with Crippen LogP contribution >= 0.6 is 11.3 Å². The monoisotopic (exact) mass is 321 g/mol. The number of hydrogen-bond donors (Lipinski definition) is 1. The first kappa shape index (κ1) is 15.1. The summed E-state index contributed by atoms with van der Waals surface area (Å²) in [7, 11) is 0. The Morgan fingerprint density at radius 2 is 2.23 bits per heavy atom. The molecule has 3 rings (SSSR count). The maximum atomic E-state index is 13.7. The molecule has 1 aliphatic rings. The molecule has 1 N–H and O–H groups in total. The van der Waals surface area contributed by atoms with Crippen LogP contribution in [-0.4, -0.2) is 10.7 Å². The molecule has 3 nitrogen and oxygen atoms in total. The van der Waals surface area contributed by atoms with Gasteiger partial charge in [-0.25, -0.2) is 13.8 Å². The molecule has 1 aromatic carbocycles. The van der Waals surface area contributed by atoms with Gasteiger partial charge < -0.3 is 0 Å². The molecule has 1 heterocycles. The quantitative estimate of drug-likeness (QED) is 0.802. The van der Waals surface area contributed by atoms with Crippen LogP contribution in [0.15, 0.2) is 28.7 Å². The van der Waals surface area contributed by atoms with Crippen molar-refractivity contribution in [3.63, 3.8) is 0 Å². The lowest BCUT2D eigenvalue weighted by Gasteiger charge is -2.18. The fourth-order valence-corrected chi connectivity index (χ4v) is 3.29. The van der Waals surface area contributed by atoms with Crippen LogP contribution in [0.3, 0.4) is 0 Å². The zero-order valence-corrected chi connectivity index (χ0v) is 13.1. The second-order valence-electron chi connectivity index (χ2n) is 5.65. The van der Waals surface area contributed by atoms with Gasteiger partial charge in [0.05, 0.1) is 5.69 Å². The molecule has 1 aliphatic carbocycles. The molecule has 0 saturated heterocycles. The molecule has 6 heteroatoms. The molecule has 0 bridgehead atoms. The first-order valence-electron chi connectivity index (χ1n) is 7.34. The highest BCUT2D eigenvalue weighted by Crippen LogP contribution is 2.28. The first-order chi connectivity index (χ1) is 10.6. The van der Waals surface area contributed by atoms with Crippen molar-refractivity contribution < 1.29 is 8.78 Å². The van der Waals surface area contributed by atoms with Gasteiger partial charge >= 0.3 is 0 Å². The number of hydrazone groups is 1. The molecule has 2 aromatic rings. The Morgan fingerprint density at radius 1 is 1.36 bits per heavy atom. The smallest absolute Gasteiger partial charge is 0.203 e. The second-order valence-corrected chi connectivity index (χ2v) is 6.51. The molecule has 1 fully saturated rings. The maximum absolute atomic E-state index is 13.7. The third-order valence-electron chi connectivity index (χ3n) is 3.77. The van der Waals surface area contributed by atoms with Crippen molar-refractivity contribution in [2.45, 2.75) is 32.6 Å². The van der Waals surface area contributed by atoms with Gasteiger partial charge in [-0.2, -0.15) is 5.10 Å². The number of aromatic nitrogens is 1. The zero-order chi connectivity index (χ0) is 15.5. The molecular formula is C16H17F2N3S. The highest BCUT2D eigenvalue weighted by atomic mass is 32.1. The van der Waals surface area contributed by atoms with Crippen LogP contribution in [0.1, 0.15) is 32.6 Å². The molecule has 0 radical (unpaired) electrons. The van der Waals surface area contributed by atoms with Crippen LogP contribution in [0, 0.1) is 17.6 Å². The Labute approximate surface area is 132 Å². The molecular weight excluding hydrogens is 304 g/mol. The minimum Gasteiger partial charge on any atom is -0.253 e. The standard InChI is InChI=1S/C16H17F2N3S/c1-10-3-2-4-12(7-10)20-21-16-19-15(9-22-16)13-6-5-11(17)8-14(13)18/h5-6,8-10H,2-4,7H2,1H3,(H,19,21)/b20-12+. The predicted molar refractivity (Wildman–Crippen MR) is 86.2 cm³/mol. The topological polar surface area (TPSA) is 37.3 Å². The van der Waals surface area contributed by atoms with E-state index in [2.05, 4.69) is 22.4 Å². The summed E-state index contributed by atoms with van der Waals surface area (Å²) in [6.07, 6.45) is 4.45. The summed E-state index contributed by atoms with van der Waals surface area (Å²) >= 11 is 1.36. The normalized spacial score (nSPS) is 20.3. The van der Waals surface area contributed by atoms with Gasteiger partial charge in [0.15, 0.2) is 0 Å². The SMILES string of the molecule is CC1CCC/C(=N\Nc2nc(-c3ccc(F)cc3F)cs2)C1. The Balaban J connectivity index is 1.72. The highest BCUT2D eigenvalue weighted by Gasteiger charge is 2.14. The van der Waals surface area contributed by atoms with Gasteiger partial charge in [0.1, 0.15) is 11.6 Å². The average Bonchev–Trinajstić information content (AvgIpc) is 2.94. The van der Waals surface area contributed by atoms with Crippen LogP contribution in [-0.2, 0) is 0 Å². The van der Waals surface area contributed by atoms with Gasteiger partial charge in [-0.15, -0.1) is 11.3 Å². The minimum absolute atomic E-state index is 0.296. The first-order valence-corrected chi connectivity index (χ1v) is 8.22. The number of halogens is 2. The van der Waals surface area contributed by atoms with Crippen molar-refractivity contribution in [3.8, 4) is 11.3 Å². The summed E-state index contributed by atoms with van der Waals surface area (Å²) in [6.45, 7) is 2.23. The number of rotatable bonds is 3. The van der Waals surface area contributed by atoms with Crippen LogP contribution in [0.2, 0.25) is 0 Å². The minimum atomic E-state index is -0.607. The predicted octanol–water partition coefficient (Wildman–Crippen LogP) is 5.07. The Hall–Kier alpha value is -1.82. The van der Waals surface area contributed by atoms with Gasteiger partial charge in [0.2, 0.25) is 5.13 Å². The van der Waals surface area contributed by atoms with Gasteiger partial charge in [0.25, 0.3) is 0 Å². The Bertz CT molecular complexity index is 696. The van der Waals surface area contributed by atoms with Crippen LogP contribution in [0.4, 0.5) is 13.9 Å². The van der Waals surface area contributed by atoms with E-state index in [4.69, 9.17) is 0 Å². The van der Waals surface area contributed by atoms with Gasteiger partial charge in [-0.1, -0.05) is 6.92 Å². The van der Waals surface area contributed by atoms with Crippen molar-refractivity contribution in [1.82, 2.24) is 4.98 Å². The van der Waals surface area contributed by atoms with Crippen molar-refractivity contribution in [2.24, 2.45) is 11.0 Å². The lowest BCUT2D eigenvalue weighted by Crippen LogP contribution is -2.13. The Kier molecular flexibility index (Phi) is 4.47. The zero-order valence-electron chi connectivity index (χ0n) is 12.3. The van der Waals surface area contributed by atoms with Crippen molar-refractivity contribution in [3.05, 3.63) is 35.2 Å². The third-order valence-corrected chi connectivity index (χ3v) is 4.51. The molecule has 1 aromatic heterocycles. The van der Waals surface area contributed by atoms with Crippen LogP contribution in [0.25, 0.3) is 11.3 Å². The summed E-state index contributed by atoms with van der Waals surface area (Å²) in [5.41, 5.74) is 4.89. The largest absolute Gasteiger partial charge is 0.253 e. The number of nitrogens with zero attached hydrogens (tertiary/aromatic N) is 2. The average molecular weight is 321 g/mol. The molecule has 22 heavy (non-hydrogen) atoms. The van der Waals surface area contributed by atoms with E-state index in [9.17, 15) is 8.78 Å². The molecule has 116 valence electrons. The highest BCUT2D eigenvalue weighted by molar-refractivity contribution is 7.14. The number of anilines is 1. The molecule has 1 unspecified atom stereocenters. The third kappa shape index (κ3) is 3.50. The van der Waals surface area contributed by atoms with Gasteiger partial charge in [-0.3, -0.25) is 5.43 Å². The second kappa shape index (κ2) is 6.52. The van der Waals surface area contributed by atoms with Crippen molar-refractivity contribution >= 4 is 22.2 Å². The Morgan fingerprint density at radius 3 is 3.00 bits per heavy atom. The number of benzene rings is 1. The van der Waals surface area contributed by atoms with Gasteiger partial charge in [0, 0.05) is 22.7 Å². The lowest BCUT2D eigenvalue weighted by molar-refractivity contribution is 0.500. The van der Waals surface area contributed by atoms with E-state index in [1.54, 1.807) is 5.38 Å². The van der Waals surface area contributed by atoms with Crippen LogP contribution < -0.4 is 5.43 Å². The van der Waals surface area contributed by atoms with E-state index < -0.39 is 11.6 Å². The summed E-state index contributed by atoms with van der Waals surface area (Å²) < 4.78 is 26.7. The van der Waals surface area contributed by atoms with Gasteiger partial charge in [-0.05, 0) is 43.7 Å². The lowest BCUT2D eigenvalue weighted by atomic mass is 9.89. The fourth-order valence-electron chi connectivity index (χ4n) is 2.64. The summed E-state index contributed by atoms with van der Waals surface area (Å²) in [4.78, 5) is 4.31. The van der Waals surface area contributed by atoms with Crippen LogP contribution in [0.5, 0.6) is 0 Å².